The van der Waals surface area contributed by atoms with E-state index in [0.717, 1.165) is 43.6 Å². The number of nitrogens with two attached hydrogens (primary N) is 1. The van der Waals surface area contributed by atoms with Crippen molar-refractivity contribution in [1.29, 1.82) is 0 Å². The van der Waals surface area contributed by atoms with Crippen LogP contribution < -0.4 is 15.5 Å². The number of nitrogen functional groups attached to an aromatic ring is 1. The minimum Gasteiger partial charge on any atom is -0.368 e. The van der Waals surface area contributed by atoms with Gasteiger partial charge in [-0.05, 0) is 13.0 Å². The number of nitrogens with zero attached hydrogens (tertiary/aromatic N) is 6. The van der Waals surface area contributed by atoms with Gasteiger partial charge in [0, 0.05) is 38.4 Å². The summed E-state index contributed by atoms with van der Waals surface area (Å²) in [6.07, 6.45) is 1.79. The van der Waals surface area contributed by atoms with Crippen molar-refractivity contribution in [2.75, 3.05) is 41.7 Å². The molecule has 0 bridgehead atoms. The van der Waals surface area contributed by atoms with Gasteiger partial charge in [0.05, 0.1) is 0 Å². The second-order valence-corrected chi connectivity index (χ2v) is 5.23. The summed E-state index contributed by atoms with van der Waals surface area (Å²) in [6.45, 7) is 5.27. The summed E-state index contributed by atoms with van der Waals surface area (Å²) in [5.74, 6) is 2.71. The van der Waals surface area contributed by atoms with Crippen LogP contribution >= 0.6 is 11.6 Å². The fourth-order valence-electron chi connectivity index (χ4n) is 2.37. The molecule has 1 fully saturated rings. The van der Waals surface area contributed by atoms with Crippen LogP contribution in [0.1, 0.15) is 5.82 Å². The first kappa shape index (κ1) is 13.8. The van der Waals surface area contributed by atoms with Crippen LogP contribution in [-0.2, 0) is 0 Å². The highest BCUT2D eigenvalue weighted by Gasteiger charge is 2.20. The molecule has 0 saturated carbocycles. The van der Waals surface area contributed by atoms with Gasteiger partial charge in [0.25, 0.3) is 0 Å². The van der Waals surface area contributed by atoms with Gasteiger partial charge in [-0.3, -0.25) is 0 Å². The second-order valence-electron chi connectivity index (χ2n) is 4.84. The van der Waals surface area contributed by atoms with Crippen molar-refractivity contribution in [1.82, 2.24) is 19.9 Å². The Morgan fingerprint density at radius 3 is 2.33 bits per heavy atom. The summed E-state index contributed by atoms with van der Waals surface area (Å²) < 4.78 is 0. The van der Waals surface area contributed by atoms with Crippen LogP contribution in [0.25, 0.3) is 0 Å². The molecule has 3 rings (SSSR count). The van der Waals surface area contributed by atoms with Crippen molar-refractivity contribution >= 4 is 29.2 Å². The minimum absolute atomic E-state index is 0.200. The fraction of sp³-hybridized carbons (Fsp3) is 0.385. The summed E-state index contributed by atoms with van der Waals surface area (Å²) in [5.41, 5.74) is 5.64. The van der Waals surface area contributed by atoms with Crippen molar-refractivity contribution in [2.45, 2.75) is 6.92 Å². The van der Waals surface area contributed by atoms with E-state index in [-0.39, 0.29) is 5.95 Å². The number of rotatable bonds is 2. The highest BCUT2D eigenvalue weighted by atomic mass is 35.5. The zero-order valence-electron chi connectivity index (χ0n) is 11.7. The van der Waals surface area contributed by atoms with Gasteiger partial charge in [0.15, 0.2) is 0 Å². The van der Waals surface area contributed by atoms with Crippen LogP contribution in [0.3, 0.4) is 0 Å². The van der Waals surface area contributed by atoms with E-state index in [9.17, 15) is 0 Å². The van der Waals surface area contributed by atoms with Gasteiger partial charge in [0.1, 0.15) is 22.6 Å². The molecule has 110 valence electrons. The largest absolute Gasteiger partial charge is 0.368 e. The van der Waals surface area contributed by atoms with Gasteiger partial charge in [-0.2, -0.15) is 4.98 Å². The Labute approximate surface area is 127 Å². The third-order valence-corrected chi connectivity index (χ3v) is 3.58. The number of hydrogen-bond donors (Lipinski definition) is 1. The average molecular weight is 306 g/mol. The van der Waals surface area contributed by atoms with E-state index in [2.05, 4.69) is 29.7 Å². The lowest BCUT2D eigenvalue weighted by Gasteiger charge is -2.36. The van der Waals surface area contributed by atoms with Gasteiger partial charge >= 0.3 is 0 Å². The summed E-state index contributed by atoms with van der Waals surface area (Å²) in [6, 6.07) is 3.67. The first-order valence-electron chi connectivity index (χ1n) is 6.71. The van der Waals surface area contributed by atoms with Crippen molar-refractivity contribution in [3.63, 3.8) is 0 Å². The van der Waals surface area contributed by atoms with Gasteiger partial charge in [-0.1, -0.05) is 11.6 Å². The van der Waals surface area contributed by atoms with Gasteiger partial charge in [-0.25, -0.2) is 15.0 Å². The zero-order chi connectivity index (χ0) is 14.8. The van der Waals surface area contributed by atoms with Crippen LogP contribution in [0.5, 0.6) is 0 Å². The topological polar surface area (TPSA) is 84.1 Å². The quantitative estimate of drug-likeness (QED) is 0.833. The Kier molecular flexibility index (Phi) is 3.74. The number of piperazine rings is 1. The molecular weight excluding hydrogens is 290 g/mol. The fourth-order valence-corrected chi connectivity index (χ4v) is 2.55. The molecule has 0 aliphatic carbocycles. The number of aromatic nitrogens is 4. The molecule has 21 heavy (non-hydrogen) atoms. The lowest BCUT2D eigenvalue weighted by Crippen LogP contribution is -2.47. The number of halogens is 1. The molecule has 8 heteroatoms. The normalized spacial score (nSPS) is 15.3. The minimum atomic E-state index is 0.200. The van der Waals surface area contributed by atoms with Gasteiger partial charge in [-0.15, -0.1) is 0 Å². The molecular formula is C13H16ClN7. The Morgan fingerprint density at radius 1 is 1.05 bits per heavy atom. The maximum Gasteiger partial charge on any atom is 0.223 e. The van der Waals surface area contributed by atoms with E-state index in [1.165, 1.54) is 0 Å². The van der Waals surface area contributed by atoms with E-state index in [4.69, 9.17) is 17.3 Å². The lowest BCUT2D eigenvalue weighted by molar-refractivity contribution is 0.640. The zero-order valence-corrected chi connectivity index (χ0v) is 12.5. The third-order valence-electron chi connectivity index (χ3n) is 3.39. The van der Waals surface area contributed by atoms with Crippen LogP contribution in [0, 0.1) is 6.92 Å². The maximum absolute atomic E-state index is 5.93. The van der Waals surface area contributed by atoms with Crippen molar-refractivity contribution < 1.29 is 0 Å². The van der Waals surface area contributed by atoms with Gasteiger partial charge < -0.3 is 15.5 Å². The molecule has 1 saturated heterocycles. The van der Waals surface area contributed by atoms with E-state index in [0.29, 0.717) is 5.15 Å². The van der Waals surface area contributed by atoms with Crippen molar-refractivity contribution in [3.05, 3.63) is 29.3 Å². The monoisotopic (exact) mass is 305 g/mol. The Morgan fingerprint density at radius 2 is 1.71 bits per heavy atom. The highest BCUT2D eigenvalue weighted by Crippen LogP contribution is 2.20. The first-order valence-corrected chi connectivity index (χ1v) is 7.09. The molecule has 1 aliphatic heterocycles. The summed E-state index contributed by atoms with van der Waals surface area (Å²) in [5, 5.41) is 0.367. The average Bonchev–Trinajstić information content (AvgIpc) is 2.46. The third kappa shape index (κ3) is 3.13. The van der Waals surface area contributed by atoms with Crippen LogP contribution in [0.15, 0.2) is 18.3 Å². The van der Waals surface area contributed by atoms with Crippen molar-refractivity contribution in [3.8, 4) is 0 Å². The Hall–Kier alpha value is -2.15. The molecule has 0 radical (unpaired) electrons. The number of aryl methyl sites for hydroxylation is 1. The summed E-state index contributed by atoms with van der Waals surface area (Å²) in [4.78, 5) is 21.1. The number of anilines is 3. The van der Waals surface area contributed by atoms with Crippen molar-refractivity contribution in [2.24, 2.45) is 0 Å². The summed E-state index contributed by atoms with van der Waals surface area (Å²) in [7, 11) is 0. The molecule has 2 N–H and O–H groups in total. The van der Waals surface area contributed by atoms with Crippen LogP contribution in [0.4, 0.5) is 17.6 Å². The molecule has 3 heterocycles. The van der Waals surface area contributed by atoms with E-state index in [1.54, 1.807) is 12.3 Å². The summed E-state index contributed by atoms with van der Waals surface area (Å²) >= 11 is 5.93. The predicted octanol–water partition coefficient (Wildman–Crippen LogP) is 1.14. The number of hydrogen-bond acceptors (Lipinski definition) is 7. The Balaban J connectivity index is 1.70. The highest BCUT2D eigenvalue weighted by molar-refractivity contribution is 6.29. The van der Waals surface area contributed by atoms with Crippen LogP contribution in [0.2, 0.25) is 5.15 Å². The predicted molar refractivity (Wildman–Crippen MR) is 82.6 cm³/mol. The molecule has 0 amide bonds. The molecule has 0 aromatic carbocycles. The SMILES string of the molecule is Cc1nccc(N2CCN(c3cc(Cl)nc(N)n3)CC2)n1. The maximum atomic E-state index is 5.93. The molecule has 0 unspecified atom stereocenters. The molecule has 1 aliphatic rings. The second kappa shape index (κ2) is 5.69. The molecule has 0 spiro atoms. The molecule has 7 nitrogen and oxygen atoms in total. The standard InChI is InChI=1S/C13H16ClN7/c1-9-16-3-2-11(17-9)20-4-6-21(7-5-20)12-8-10(14)18-13(15)19-12/h2-3,8H,4-7H2,1H3,(H2,15,18,19). The van der Waals surface area contributed by atoms with E-state index < -0.39 is 0 Å². The molecule has 0 atom stereocenters. The van der Waals surface area contributed by atoms with E-state index in [1.807, 2.05) is 13.0 Å². The molecule has 2 aromatic heterocycles. The first-order chi connectivity index (χ1) is 10.1. The van der Waals surface area contributed by atoms with E-state index >= 15 is 0 Å². The van der Waals surface area contributed by atoms with Gasteiger partial charge in [0.2, 0.25) is 5.95 Å². The molecule has 2 aromatic rings. The smallest absolute Gasteiger partial charge is 0.223 e. The van der Waals surface area contributed by atoms with Crippen LogP contribution in [-0.4, -0.2) is 46.1 Å². The Bertz CT molecular complexity index is 620. The lowest BCUT2D eigenvalue weighted by atomic mass is 10.3.